The van der Waals surface area contributed by atoms with Gasteiger partial charge in [-0.3, -0.25) is 9.59 Å². The minimum atomic E-state index is -0.846. The fourth-order valence-electron chi connectivity index (χ4n) is 1.94. The summed E-state index contributed by atoms with van der Waals surface area (Å²) in [5.74, 6) is -0.501. The smallest absolute Gasteiger partial charge is 0.258 e. The van der Waals surface area contributed by atoms with Gasteiger partial charge in [0, 0.05) is 18.1 Å². The van der Waals surface area contributed by atoms with Crippen LogP contribution in [-0.2, 0) is 11.3 Å². The molecule has 1 atom stereocenters. The van der Waals surface area contributed by atoms with E-state index < -0.39 is 6.10 Å². The number of pyridine rings is 1. The van der Waals surface area contributed by atoms with E-state index in [1.165, 1.54) is 4.57 Å². The molecule has 1 aromatic carbocycles. The molecule has 1 aromatic heterocycles. The van der Waals surface area contributed by atoms with Crippen molar-refractivity contribution in [2.24, 2.45) is 0 Å². The fraction of sp³-hybridized carbons (Fsp3) is 0.286. The highest BCUT2D eigenvalue weighted by Gasteiger charge is 2.09. The van der Waals surface area contributed by atoms with Gasteiger partial charge in [0.25, 0.3) is 5.56 Å². The minimum absolute atomic E-state index is 0.0603. The second-order valence-corrected chi connectivity index (χ2v) is 4.72. The Labute approximate surface area is 120 Å². The van der Waals surface area contributed by atoms with Crippen molar-refractivity contribution in [2.45, 2.75) is 12.6 Å². The second kappa shape index (κ2) is 6.54. The number of fused-ring (bicyclic) bond motifs is 1. The number of rotatable bonds is 5. The Morgan fingerprint density at radius 3 is 2.85 bits per heavy atom. The predicted octanol–water partition coefficient (Wildman–Crippen LogP) is 0.717. The van der Waals surface area contributed by atoms with E-state index in [-0.39, 0.29) is 30.4 Å². The summed E-state index contributed by atoms with van der Waals surface area (Å²) in [6.07, 6.45) is 0.790. The molecule has 0 aliphatic rings. The first kappa shape index (κ1) is 14.6. The maximum atomic E-state index is 12.2. The molecule has 0 bridgehead atoms. The van der Waals surface area contributed by atoms with Crippen LogP contribution in [0.3, 0.4) is 0 Å². The number of hydrogen-bond acceptors (Lipinski definition) is 3. The molecule has 5 nitrogen and oxygen atoms in total. The van der Waals surface area contributed by atoms with Crippen LogP contribution in [0.2, 0.25) is 0 Å². The molecule has 20 heavy (non-hydrogen) atoms. The lowest BCUT2D eigenvalue weighted by atomic mass is 10.2. The number of carbonyl (C=O) groups is 1. The molecule has 0 saturated heterocycles. The third kappa shape index (κ3) is 3.37. The third-order valence-electron chi connectivity index (χ3n) is 2.95. The summed E-state index contributed by atoms with van der Waals surface area (Å²) in [4.78, 5) is 23.2. The van der Waals surface area contributed by atoms with E-state index in [2.05, 4.69) is 5.32 Å². The summed E-state index contributed by atoms with van der Waals surface area (Å²) in [5, 5.41) is 13.8. The summed E-state index contributed by atoms with van der Waals surface area (Å²) < 4.78 is 1.43. The number of aromatic nitrogens is 1. The van der Waals surface area contributed by atoms with E-state index >= 15 is 0 Å². The lowest BCUT2D eigenvalue weighted by Crippen LogP contribution is -2.37. The zero-order valence-electron chi connectivity index (χ0n) is 10.8. The van der Waals surface area contributed by atoms with Crippen molar-refractivity contribution >= 4 is 28.3 Å². The Morgan fingerprint density at radius 1 is 1.35 bits per heavy atom. The van der Waals surface area contributed by atoms with Crippen molar-refractivity contribution in [3.8, 4) is 0 Å². The van der Waals surface area contributed by atoms with E-state index in [0.29, 0.717) is 5.39 Å². The first-order chi connectivity index (χ1) is 9.61. The number of hydrogen-bond donors (Lipinski definition) is 2. The minimum Gasteiger partial charge on any atom is -0.389 e. The predicted molar refractivity (Wildman–Crippen MR) is 77.9 cm³/mol. The largest absolute Gasteiger partial charge is 0.389 e. The van der Waals surface area contributed by atoms with E-state index in [1.54, 1.807) is 18.3 Å². The van der Waals surface area contributed by atoms with Crippen LogP contribution in [0, 0.1) is 0 Å². The zero-order valence-corrected chi connectivity index (χ0v) is 11.5. The molecule has 0 fully saturated rings. The summed E-state index contributed by atoms with van der Waals surface area (Å²) in [6.45, 7) is 0.178. The summed E-state index contributed by atoms with van der Waals surface area (Å²) in [7, 11) is 0. The summed E-state index contributed by atoms with van der Waals surface area (Å²) in [6, 6.07) is 9.09. The quantitative estimate of drug-likeness (QED) is 0.798. The van der Waals surface area contributed by atoms with Crippen molar-refractivity contribution in [1.29, 1.82) is 0 Å². The molecule has 1 amide bonds. The molecule has 106 valence electrons. The van der Waals surface area contributed by atoms with Crippen molar-refractivity contribution in [1.82, 2.24) is 9.88 Å². The number of aliphatic hydroxyl groups excluding tert-OH is 1. The molecule has 0 spiro atoms. The fourth-order valence-corrected chi connectivity index (χ4v) is 2.04. The number of alkyl halides is 1. The second-order valence-electron chi connectivity index (χ2n) is 4.45. The number of benzene rings is 1. The molecule has 0 aliphatic carbocycles. The Balaban J connectivity index is 2.12. The van der Waals surface area contributed by atoms with Crippen LogP contribution in [0.25, 0.3) is 10.8 Å². The number of carbonyl (C=O) groups excluding carboxylic acids is 1. The molecule has 0 saturated carbocycles. The van der Waals surface area contributed by atoms with Crippen LogP contribution in [-0.4, -0.2) is 34.1 Å². The molecule has 1 unspecified atom stereocenters. The lowest BCUT2D eigenvalue weighted by Gasteiger charge is -2.13. The molecule has 2 rings (SSSR count). The van der Waals surface area contributed by atoms with Gasteiger partial charge in [-0.25, -0.2) is 0 Å². The van der Waals surface area contributed by atoms with Gasteiger partial charge >= 0.3 is 0 Å². The van der Waals surface area contributed by atoms with Gasteiger partial charge < -0.3 is 15.0 Å². The lowest BCUT2D eigenvalue weighted by molar-refractivity contribution is -0.119. The molecule has 1 heterocycles. The monoisotopic (exact) mass is 294 g/mol. The third-order valence-corrected chi connectivity index (χ3v) is 3.19. The molecular formula is C14H15ClN2O3. The van der Waals surface area contributed by atoms with E-state index in [0.717, 1.165) is 5.39 Å². The van der Waals surface area contributed by atoms with Gasteiger partial charge in [-0.15, -0.1) is 11.6 Å². The normalized spacial score (nSPS) is 12.3. The van der Waals surface area contributed by atoms with Gasteiger partial charge in [-0.2, -0.15) is 0 Å². The summed E-state index contributed by atoms with van der Waals surface area (Å²) >= 11 is 5.34. The van der Waals surface area contributed by atoms with Crippen LogP contribution in [0.4, 0.5) is 0 Å². The van der Waals surface area contributed by atoms with Crippen LogP contribution in [0.15, 0.2) is 41.3 Å². The van der Waals surface area contributed by atoms with Crippen LogP contribution in [0.1, 0.15) is 0 Å². The first-order valence-corrected chi connectivity index (χ1v) is 6.74. The number of aliphatic hydroxyl groups is 1. The number of nitrogens with one attached hydrogen (secondary N) is 1. The van der Waals surface area contributed by atoms with Crippen molar-refractivity contribution in [3.05, 3.63) is 46.9 Å². The molecule has 0 aliphatic heterocycles. The van der Waals surface area contributed by atoms with Crippen LogP contribution >= 0.6 is 11.6 Å². The highest BCUT2D eigenvalue weighted by Crippen LogP contribution is 2.08. The van der Waals surface area contributed by atoms with Gasteiger partial charge in [0.2, 0.25) is 5.91 Å². The molecule has 0 radical (unpaired) electrons. The van der Waals surface area contributed by atoms with E-state index in [9.17, 15) is 14.7 Å². The van der Waals surface area contributed by atoms with E-state index in [4.69, 9.17) is 11.6 Å². The average Bonchev–Trinajstić information content (AvgIpc) is 2.48. The molecule has 2 N–H and O–H groups in total. The Kier molecular flexibility index (Phi) is 4.76. The van der Waals surface area contributed by atoms with Gasteiger partial charge in [-0.05, 0) is 17.5 Å². The molecule has 2 aromatic rings. The number of halogens is 1. The average molecular weight is 295 g/mol. The van der Waals surface area contributed by atoms with Gasteiger partial charge in [0.1, 0.15) is 5.88 Å². The Hall–Kier alpha value is -1.85. The Morgan fingerprint density at radius 2 is 2.10 bits per heavy atom. The van der Waals surface area contributed by atoms with Gasteiger partial charge in [0.15, 0.2) is 0 Å². The molecule has 6 heteroatoms. The van der Waals surface area contributed by atoms with Crippen molar-refractivity contribution in [3.63, 3.8) is 0 Å². The first-order valence-electron chi connectivity index (χ1n) is 6.20. The van der Waals surface area contributed by atoms with Crippen LogP contribution in [0.5, 0.6) is 0 Å². The van der Waals surface area contributed by atoms with Crippen LogP contribution < -0.4 is 10.9 Å². The SMILES string of the molecule is O=C(CCl)NCC(O)Cn1ccc2ccccc2c1=O. The maximum Gasteiger partial charge on any atom is 0.258 e. The standard InChI is InChI=1S/C14H15ClN2O3/c15-7-13(19)16-8-11(18)9-17-6-5-10-3-1-2-4-12(10)14(17)20/h1-6,11,18H,7-9H2,(H,16,19). The van der Waals surface area contributed by atoms with Gasteiger partial charge in [-0.1, -0.05) is 18.2 Å². The van der Waals surface area contributed by atoms with Crippen molar-refractivity contribution in [2.75, 3.05) is 12.4 Å². The highest BCUT2D eigenvalue weighted by molar-refractivity contribution is 6.27. The topological polar surface area (TPSA) is 71.3 Å². The van der Waals surface area contributed by atoms with Gasteiger partial charge in [0.05, 0.1) is 12.6 Å². The number of amides is 1. The summed E-state index contributed by atoms with van der Waals surface area (Å²) in [5.41, 5.74) is -0.161. The Bertz CT molecular complexity index is 669. The zero-order chi connectivity index (χ0) is 14.5. The highest BCUT2D eigenvalue weighted by atomic mass is 35.5. The molecular weight excluding hydrogens is 280 g/mol. The number of nitrogens with zero attached hydrogens (tertiary/aromatic N) is 1. The van der Waals surface area contributed by atoms with Crippen molar-refractivity contribution < 1.29 is 9.90 Å². The maximum absolute atomic E-state index is 12.2. The van der Waals surface area contributed by atoms with E-state index in [1.807, 2.05) is 18.2 Å².